The molecule has 0 spiro atoms. The van der Waals surface area contributed by atoms with Crippen molar-refractivity contribution in [2.24, 2.45) is 11.5 Å². The zero-order valence-electron chi connectivity index (χ0n) is 7.76. The van der Waals surface area contributed by atoms with Crippen molar-refractivity contribution in [3.63, 3.8) is 0 Å². The van der Waals surface area contributed by atoms with Gasteiger partial charge in [-0.15, -0.1) is 13.2 Å². The third-order valence-electron chi connectivity index (χ3n) is 1.98. The van der Waals surface area contributed by atoms with E-state index in [4.69, 9.17) is 11.5 Å². The van der Waals surface area contributed by atoms with Gasteiger partial charge in [0.15, 0.2) is 0 Å². The molecule has 0 aliphatic rings. The third kappa shape index (κ3) is 4.31. The minimum absolute atomic E-state index is 0.164. The molecule has 0 rings (SSSR count). The molecule has 0 aromatic carbocycles. The van der Waals surface area contributed by atoms with Crippen LogP contribution in [0.3, 0.4) is 0 Å². The van der Waals surface area contributed by atoms with Gasteiger partial charge in [0.2, 0.25) is 0 Å². The summed E-state index contributed by atoms with van der Waals surface area (Å²) in [5.74, 6) is 0. The van der Waals surface area contributed by atoms with Gasteiger partial charge in [-0.05, 0) is 32.2 Å². The van der Waals surface area contributed by atoms with Crippen LogP contribution in [0, 0.1) is 0 Å². The minimum atomic E-state index is -0.164. The summed E-state index contributed by atoms with van der Waals surface area (Å²) in [5, 5.41) is 0. The van der Waals surface area contributed by atoms with Gasteiger partial charge in [0.05, 0.1) is 0 Å². The SMILES string of the molecule is C=CCC(N)(CC=C)CCCN. The first-order valence-corrected chi connectivity index (χ1v) is 4.39. The lowest BCUT2D eigenvalue weighted by Gasteiger charge is -2.26. The molecule has 0 amide bonds. The highest BCUT2D eigenvalue weighted by molar-refractivity contribution is 4.95. The van der Waals surface area contributed by atoms with E-state index in [1.54, 1.807) is 0 Å². The number of hydrogen-bond donors (Lipinski definition) is 2. The van der Waals surface area contributed by atoms with E-state index in [0.29, 0.717) is 6.54 Å². The first kappa shape index (κ1) is 11.4. The van der Waals surface area contributed by atoms with Gasteiger partial charge < -0.3 is 11.5 Å². The van der Waals surface area contributed by atoms with Crippen LogP contribution in [0.15, 0.2) is 25.3 Å². The summed E-state index contributed by atoms with van der Waals surface area (Å²) in [6, 6.07) is 0. The average molecular weight is 168 g/mol. The van der Waals surface area contributed by atoms with Crippen LogP contribution in [0.1, 0.15) is 25.7 Å². The second-order valence-corrected chi connectivity index (χ2v) is 3.24. The molecule has 2 heteroatoms. The molecule has 0 saturated carbocycles. The fourth-order valence-electron chi connectivity index (χ4n) is 1.32. The van der Waals surface area contributed by atoms with Crippen LogP contribution >= 0.6 is 0 Å². The van der Waals surface area contributed by atoms with E-state index < -0.39 is 0 Å². The second kappa shape index (κ2) is 5.98. The lowest BCUT2D eigenvalue weighted by atomic mass is 9.87. The molecule has 0 radical (unpaired) electrons. The molecular weight excluding hydrogens is 148 g/mol. The minimum Gasteiger partial charge on any atom is -0.330 e. The third-order valence-corrected chi connectivity index (χ3v) is 1.98. The topological polar surface area (TPSA) is 52.0 Å². The van der Waals surface area contributed by atoms with Crippen molar-refractivity contribution >= 4 is 0 Å². The molecule has 70 valence electrons. The first-order valence-electron chi connectivity index (χ1n) is 4.39. The van der Waals surface area contributed by atoms with Gasteiger partial charge in [-0.2, -0.15) is 0 Å². The number of rotatable bonds is 7. The molecule has 4 N–H and O–H groups in total. The molecule has 0 atom stereocenters. The molecule has 0 fully saturated rings. The van der Waals surface area contributed by atoms with Crippen LogP contribution in [0.2, 0.25) is 0 Å². The largest absolute Gasteiger partial charge is 0.330 e. The highest BCUT2D eigenvalue weighted by Crippen LogP contribution is 2.19. The Kier molecular flexibility index (Phi) is 5.68. The van der Waals surface area contributed by atoms with Crippen molar-refractivity contribution in [1.82, 2.24) is 0 Å². The van der Waals surface area contributed by atoms with E-state index in [1.165, 1.54) is 0 Å². The van der Waals surface area contributed by atoms with Gasteiger partial charge in [-0.1, -0.05) is 12.2 Å². The summed E-state index contributed by atoms with van der Waals surface area (Å²) < 4.78 is 0. The van der Waals surface area contributed by atoms with E-state index in [0.717, 1.165) is 25.7 Å². The Balaban J connectivity index is 3.96. The zero-order chi connectivity index (χ0) is 9.45. The van der Waals surface area contributed by atoms with E-state index in [9.17, 15) is 0 Å². The van der Waals surface area contributed by atoms with Crippen LogP contribution < -0.4 is 11.5 Å². The molecule has 2 nitrogen and oxygen atoms in total. The summed E-state index contributed by atoms with van der Waals surface area (Å²) in [6.07, 6.45) is 7.30. The molecule has 0 unspecified atom stereocenters. The molecule has 0 aliphatic heterocycles. The quantitative estimate of drug-likeness (QED) is 0.567. The highest BCUT2D eigenvalue weighted by atomic mass is 14.7. The predicted molar refractivity (Wildman–Crippen MR) is 54.8 cm³/mol. The van der Waals surface area contributed by atoms with Crippen LogP contribution in [0.25, 0.3) is 0 Å². The Morgan fingerprint density at radius 2 is 1.67 bits per heavy atom. The van der Waals surface area contributed by atoms with Crippen LogP contribution in [-0.4, -0.2) is 12.1 Å². The van der Waals surface area contributed by atoms with E-state index in [2.05, 4.69) is 13.2 Å². The molecule has 0 aromatic heterocycles. The summed E-state index contributed by atoms with van der Waals surface area (Å²) >= 11 is 0. The molecular formula is C10H20N2. The van der Waals surface area contributed by atoms with E-state index >= 15 is 0 Å². The Morgan fingerprint density at radius 1 is 1.17 bits per heavy atom. The van der Waals surface area contributed by atoms with Crippen LogP contribution in [0.5, 0.6) is 0 Å². The maximum absolute atomic E-state index is 6.11. The van der Waals surface area contributed by atoms with Crippen molar-refractivity contribution in [2.45, 2.75) is 31.2 Å². The van der Waals surface area contributed by atoms with Crippen LogP contribution in [0.4, 0.5) is 0 Å². The maximum Gasteiger partial charge on any atom is 0.0224 e. The summed E-state index contributed by atoms with van der Waals surface area (Å²) in [5.41, 5.74) is 11.4. The van der Waals surface area contributed by atoms with Crippen molar-refractivity contribution < 1.29 is 0 Å². The molecule has 0 saturated heterocycles. The van der Waals surface area contributed by atoms with E-state index in [1.807, 2.05) is 12.2 Å². The van der Waals surface area contributed by atoms with Gasteiger partial charge in [-0.3, -0.25) is 0 Å². The number of nitrogens with two attached hydrogens (primary N) is 2. The highest BCUT2D eigenvalue weighted by Gasteiger charge is 2.20. The monoisotopic (exact) mass is 168 g/mol. The Bertz CT molecular complexity index is 131. The van der Waals surface area contributed by atoms with Crippen molar-refractivity contribution in [3.8, 4) is 0 Å². The summed E-state index contributed by atoms with van der Waals surface area (Å²) in [6.45, 7) is 8.08. The van der Waals surface area contributed by atoms with E-state index in [-0.39, 0.29) is 5.54 Å². The molecule has 0 bridgehead atoms. The summed E-state index contributed by atoms with van der Waals surface area (Å²) in [4.78, 5) is 0. The zero-order valence-corrected chi connectivity index (χ0v) is 7.76. The van der Waals surface area contributed by atoms with Gasteiger partial charge in [0.1, 0.15) is 0 Å². The van der Waals surface area contributed by atoms with Gasteiger partial charge in [-0.25, -0.2) is 0 Å². The van der Waals surface area contributed by atoms with Gasteiger partial charge in [0, 0.05) is 5.54 Å². The second-order valence-electron chi connectivity index (χ2n) is 3.24. The maximum atomic E-state index is 6.11. The fourth-order valence-corrected chi connectivity index (χ4v) is 1.32. The number of hydrogen-bond acceptors (Lipinski definition) is 2. The van der Waals surface area contributed by atoms with Gasteiger partial charge >= 0.3 is 0 Å². The predicted octanol–water partition coefficient (Wildman–Crippen LogP) is 1.57. The van der Waals surface area contributed by atoms with Crippen molar-refractivity contribution in [2.75, 3.05) is 6.54 Å². The summed E-state index contributed by atoms with van der Waals surface area (Å²) in [7, 11) is 0. The van der Waals surface area contributed by atoms with Crippen molar-refractivity contribution in [1.29, 1.82) is 0 Å². The standard InChI is InChI=1S/C10H20N2/c1-3-6-10(12,7-4-2)8-5-9-11/h3-4H,1-2,5-9,11-12H2. The Labute approximate surface area is 75.3 Å². The smallest absolute Gasteiger partial charge is 0.0224 e. The molecule has 12 heavy (non-hydrogen) atoms. The fraction of sp³-hybridized carbons (Fsp3) is 0.600. The lowest BCUT2D eigenvalue weighted by Crippen LogP contribution is -2.39. The molecule has 0 aliphatic carbocycles. The molecule has 0 heterocycles. The van der Waals surface area contributed by atoms with Crippen LogP contribution in [-0.2, 0) is 0 Å². The first-order chi connectivity index (χ1) is 5.68. The Hall–Kier alpha value is -0.600. The van der Waals surface area contributed by atoms with Gasteiger partial charge in [0.25, 0.3) is 0 Å². The van der Waals surface area contributed by atoms with Crippen molar-refractivity contribution in [3.05, 3.63) is 25.3 Å². The Morgan fingerprint density at radius 3 is 2.00 bits per heavy atom. The lowest BCUT2D eigenvalue weighted by molar-refractivity contribution is 0.392. The molecule has 0 aromatic rings. The average Bonchev–Trinajstić information content (AvgIpc) is 2.02. The normalized spacial score (nSPS) is 11.2.